The van der Waals surface area contributed by atoms with Crippen molar-refractivity contribution >= 4 is 5.97 Å². The molecule has 118 valence electrons. The summed E-state index contributed by atoms with van der Waals surface area (Å²) in [5.41, 5.74) is 1.75. The summed E-state index contributed by atoms with van der Waals surface area (Å²) >= 11 is 0. The molecule has 1 aromatic heterocycles. The van der Waals surface area contributed by atoms with Crippen LogP contribution in [0.25, 0.3) is 0 Å². The van der Waals surface area contributed by atoms with E-state index >= 15 is 0 Å². The Morgan fingerprint density at radius 3 is 2.48 bits per heavy atom. The molecule has 4 nitrogen and oxygen atoms in total. The number of rotatable bonds is 5. The van der Waals surface area contributed by atoms with Crippen molar-refractivity contribution in [3.63, 3.8) is 0 Å². The minimum Gasteiger partial charge on any atom is -0.466 e. The molecule has 9 heteroatoms. The van der Waals surface area contributed by atoms with Crippen LogP contribution in [0, 0.1) is 0 Å². The van der Waals surface area contributed by atoms with Gasteiger partial charge >= 0.3 is 12.1 Å². The molecule has 0 unspecified atom stereocenters. The highest BCUT2D eigenvalue weighted by atomic mass is 19.4. The largest absolute Gasteiger partial charge is 0.466 e. The summed E-state index contributed by atoms with van der Waals surface area (Å²) in [6, 6.07) is 0. The van der Waals surface area contributed by atoms with E-state index in [-0.39, 0.29) is 18.7 Å². The van der Waals surface area contributed by atoms with Crippen molar-refractivity contribution in [2.45, 2.75) is 32.5 Å². The zero-order valence-electron chi connectivity index (χ0n) is 11.0. The SMILES string of the molecule is CCOC(=O)Cc1c(CN)cnc(C(F)(F)F)c1C(F)F. The van der Waals surface area contributed by atoms with Crippen LogP contribution in [0.4, 0.5) is 22.0 Å². The highest BCUT2D eigenvalue weighted by Crippen LogP contribution is 2.37. The van der Waals surface area contributed by atoms with E-state index in [1.165, 1.54) is 6.92 Å². The number of nitrogens with two attached hydrogens (primary N) is 1. The van der Waals surface area contributed by atoms with E-state index in [2.05, 4.69) is 9.72 Å². The minimum atomic E-state index is -5.05. The Kier molecular flexibility index (Phi) is 5.59. The average molecular weight is 312 g/mol. The Morgan fingerprint density at radius 2 is 2.05 bits per heavy atom. The number of esters is 1. The molecule has 0 aromatic carbocycles. The Morgan fingerprint density at radius 1 is 1.43 bits per heavy atom. The molecule has 0 aliphatic heterocycles. The first-order chi connectivity index (χ1) is 9.72. The van der Waals surface area contributed by atoms with Gasteiger partial charge in [0.15, 0.2) is 5.69 Å². The maximum Gasteiger partial charge on any atom is 0.433 e. The molecule has 2 N–H and O–H groups in total. The number of pyridine rings is 1. The third kappa shape index (κ3) is 4.10. The summed E-state index contributed by atoms with van der Waals surface area (Å²) in [6.07, 6.45) is -8.46. The minimum absolute atomic E-state index is 0.0159. The molecule has 0 bridgehead atoms. The van der Waals surface area contributed by atoms with Crippen LogP contribution >= 0.6 is 0 Å². The summed E-state index contributed by atoms with van der Waals surface area (Å²) in [6.45, 7) is 1.15. The number of alkyl halides is 5. The Bertz CT molecular complexity index is 517. The lowest BCUT2D eigenvalue weighted by Gasteiger charge is -2.18. The quantitative estimate of drug-likeness (QED) is 0.670. The van der Waals surface area contributed by atoms with Crippen LogP contribution in [0.1, 0.15) is 35.7 Å². The number of hydrogen-bond acceptors (Lipinski definition) is 4. The Hall–Kier alpha value is -1.77. The molecular weight excluding hydrogens is 299 g/mol. The number of halogens is 5. The van der Waals surface area contributed by atoms with Gasteiger partial charge in [-0.1, -0.05) is 0 Å². The first kappa shape index (κ1) is 17.3. The third-order valence-electron chi connectivity index (χ3n) is 2.65. The van der Waals surface area contributed by atoms with Gasteiger partial charge in [-0.2, -0.15) is 13.2 Å². The molecule has 0 saturated heterocycles. The molecule has 21 heavy (non-hydrogen) atoms. The van der Waals surface area contributed by atoms with Crippen LogP contribution in [-0.2, 0) is 28.7 Å². The number of carbonyl (C=O) groups is 1. The monoisotopic (exact) mass is 312 g/mol. The van der Waals surface area contributed by atoms with Crippen molar-refractivity contribution < 1.29 is 31.5 Å². The van der Waals surface area contributed by atoms with Crippen LogP contribution in [-0.4, -0.2) is 17.6 Å². The molecular formula is C12H13F5N2O2. The van der Waals surface area contributed by atoms with Gasteiger partial charge in [0.05, 0.1) is 18.6 Å². The highest BCUT2D eigenvalue weighted by molar-refractivity contribution is 5.73. The summed E-state index contributed by atoms with van der Waals surface area (Å²) in [4.78, 5) is 14.4. The number of carbonyl (C=O) groups excluding carboxylic acids is 1. The van der Waals surface area contributed by atoms with Gasteiger partial charge in [-0.25, -0.2) is 8.78 Å². The Balaban J connectivity index is 3.45. The second kappa shape index (κ2) is 6.79. The molecule has 0 atom stereocenters. The second-order valence-corrected chi connectivity index (χ2v) is 4.01. The highest BCUT2D eigenvalue weighted by Gasteiger charge is 2.39. The first-order valence-corrected chi connectivity index (χ1v) is 5.94. The summed E-state index contributed by atoms with van der Waals surface area (Å²) in [5, 5.41) is 0. The van der Waals surface area contributed by atoms with Crippen LogP contribution in [0.2, 0.25) is 0 Å². The molecule has 0 fully saturated rings. The van der Waals surface area contributed by atoms with E-state index in [1.54, 1.807) is 0 Å². The molecule has 1 rings (SSSR count). The molecule has 0 spiro atoms. The zero-order chi connectivity index (χ0) is 16.2. The number of nitrogens with zero attached hydrogens (tertiary/aromatic N) is 1. The summed E-state index contributed by atoms with van der Waals surface area (Å²) in [5.74, 6) is -0.909. The smallest absolute Gasteiger partial charge is 0.433 e. The van der Waals surface area contributed by atoms with E-state index in [0.29, 0.717) is 0 Å². The van der Waals surface area contributed by atoms with E-state index in [1.807, 2.05) is 0 Å². The van der Waals surface area contributed by atoms with Gasteiger partial charge in [0.1, 0.15) is 0 Å². The fourth-order valence-corrected chi connectivity index (χ4v) is 1.81. The van der Waals surface area contributed by atoms with Crippen LogP contribution in [0.3, 0.4) is 0 Å². The lowest BCUT2D eigenvalue weighted by Crippen LogP contribution is -2.20. The maximum absolute atomic E-state index is 13.0. The van der Waals surface area contributed by atoms with Gasteiger partial charge in [0.2, 0.25) is 0 Å². The van der Waals surface area contributed by atoms with Gasteiger partial charge < -0.3 is 10.5 Å². The number of ether oxygens (including phenoxy) is 1. The van der Waals surface area contributed by atoms with E-state index in [9.17, 15) is 26.7 Å². The molecule has 0 aliphatic rings. The fraction of sp³-hybridized carbons (Fsp3) is 0.500. The fourth-order valence-electron chi connectivity index (χ4n) is 1.81. The maximum atomic E-state index is 13.0. The Labute approximate surface area is 117 Å². The average Bonchev–Trinajstić information content (AvgIpc) is 2.36. The summed E-state index contributed by atoms with van der Waals surface area (Å²) in [7, 11) is 0. The van der Waals surface area contributed by atoms with Crippen molar-refractivity contribution in [2.75, 3.05) is 6.61 Å². The van der Waals surface area contributed by atoms with Gasteiger partial charge in [-0.05, 0) is 18.1 Å². The zero-order valence-corrected chi connectivity index (χ0v) is 11.0. The molecule has 0 aliphatic carbocycles. The number of hydrogen-bond donors (Lipinski definition) is 1. The lowest BCUT2D eigenvalue weighted by atomic mass is 9.98. The van der Waals surface area contributed by atoms with Crippen molar-refractivity contribution in [1.29, 1.82) is 0 Å². The normalized spacial score (nSPS) is 11.8. The van der Waals surface area contributed by atoms with Crippen molar-refractivity contribution in [3.8, 4) is 0 Å². The number of aromatic nitrogens is 1. The van der Waals surface area contributed by atoms with Gasteiger partial charge in [-0.15, -0.1) is 0 Å². The summed E-state index contributed by atoms with van der Waals surface area (Å²) < 4.78 is 69.0. The van der Waals surface area contributed by atoms with Crippen LogP contribution in [0.15, 0.2) is 6.20 Å². The standard InChI is InChI=1S/C12H13F5N2O2/c1-2-21-8(20)3-7-6(4-18)5-19-10(12(15,16)17)9(7)11(13)14/h5,11H,2-4,18H2,1H3. The topological polar surface area (TPSA) is 65.2 Å². The third-order valence-corrected chi connectivity index (χ3v) is 2.65. The van der Waals surface area contributed by atoms with Crippen LogP contribution < -0.4 is 5.73 Å². The molecule has 0 amide bonds. The van der Waals surface area contributed by atoms with E-state index in [4.69, 9.17) is 5.73 Å². The van der Waals surface area contributed by atoms with Crippen LogP contribution in [0.5, 0.6) is 0 Å². The lowest BCUT2D eigenvalue weighted by molar-refractivity contribution is -0.144. The predicted molar refractivity (Wildman–Crippen MR) is 62.4 cm³/mol. The first-order valence-electron chi connectivity index (χ1n) is 5.94. The molecule has 0 radical (unpaired) electrons. The van der Waals surface area contributed by atoms with Crippen molar-refractivity contribution in [3.05, 3.63) is 28.6 Å². The van der Waals surface area contributed by atoms with E-state index < -0.39 is 41.8 Å². The molecule has 0 saturated carbocycles. The van der Waals surface area contributed by atoms with Crippen molar-refractivity contribution in [2.24, 2.45) is 5.73 Å². The van der Waals surface area contributed by atoms with Gasteiger partial charge in [0, 0.05) is 12.7 Å². The predicted octanol–water partition coefficient (Wildman–Crippen LogP) is 2.60. The van der Waals surface area contributed by atoms with Gasteiger partial charge in [-0.3, -0.25) is 9.78 Å². The molecule has 1 aromatic rings. The molecule has 1 heterocycles. The second-order valence-electron chi connectivity index (χ2n) is 4.01. The van der Waals surface area contributed by atoms with E-state index in [0.717, 1.165) is 6.20 Å². The van der Waals surface area contributed by atoms with Crippen molar-refractivity contribution in [1.82, 2.24) is 4.98 Å². The van der Waals surface area contributed by atoms with Gasteiger partial charge in [0.25, 0.3) is 6.43 Å².